The predicted octanol–water partition coefficient (Wildman–Crippen LogP) is 3.29. The van der Waals surface area contributed by atoms with E-state index in [0.29, 0.717) is 18.8 Å². The van der Waals surface area contributed by atoms with Gasteiger partial charge in [-0.3, -0.25) is 0 Å². The first-order valence-corrected chi connectivity index (χ1v) is 8.02. The Bertz CT molecular complexity index is 565. The zero-order valence-electron chi connectivity index (χ0n) is 14.6. The number of carbonyl (C=O) groups is 1. The lowest BCUT2D eigenvalue weighted by Gasteiger charge is -2.25. The molecule has 5 heteroatoms. The minimum Gasteiger partial charge on any atom is -0.496 e. The number of benzene rings is 1. The fraction of sp³-hybridized carbons (Fsp3) is 0.611. The molecule has 0 saturated carbocycles. The van der Waals surface area contributed by atoms with Crippen molar-refractivity contribution in [1.29, 1.82) is 0 Å². The van der Waals surface area contributed by atoms with Crippen LogP contribution in [0.15, 0.2) is 18.2 Å². The summed E-state index contributed by atoms with van der Waals surface area (Å²) in [6, 6.07) is 5.77. The summed E-state index contributed by atoms with van der Waals surface area (Å²) < 4.78 is 10.8. The number of methoxy groups -OCH3 is 1. The van der Waals surface area contributed by atoms with E-state index in [9.17, 15) is 9.90 Å². The zero-order chi connectivity index (χ0) is 17.2. The van der Waals surface area contributed by atoms with E-state index in [1.54, 1.807) is 12.0 Å². The molecule has 1 heterocycles. The average Bonchev–Trinajstić information content (AvgIpc) is 2.94. The lowest BCUT2D eigenvalue weighted by atomic mass is 9.93. The van der Waals surface area contributed by atoms with Crippen LogP contribution in [0.3, 0.4) is 0 Å². The van der Waals surface area contributed by atoms with Gasteiger partial charge < -0.3 is 19.5 Å². The van der Waals surface area contributed by atoms with Gasteiger partial charge in [-0.05, 0) is 46.2 Å². The summed E-state index contributed by atoms with van der Waals surface area (Å²) in [5.74, 6) is 0.664. The van der Waals surface area contributed by atoms with Crippen molar-refractivity contribution in [2.75, 3.05) is 20.2 Å². The van der Waals surface area contributed by atoms with E-state index < -0.39 is 11.7 Å². The van der Waals surface area contributed by atoms with Crippen molar-refractivity contribution in [2.24, 2.45) is 5.92 Å². The summed E-state index contributed by atoms with van der Waals surface area (Å²) in [6.07, 6.45) is -0.224. The fourth-order valence-electron chi connectivity index (χ4n) is 2.88. The highest BCUT2D eigenvalue weighted by Gasteiger charge is 2.34. The van der Waals surface area contributed by atoms with Gasteiger partial charge in [0, 0.05) is 24.6 Å². The highest BCUT2D eigenvalue weighted by Crippen LogP contribution is 2.35. The quantitative estimate of drug-likeness (QED) is 0.928. The molecular formula is C18H27NO4. The Morgan fingerprint density at radius 1 is 1.39 bits per heavy atom. The smallest absolute Gasteiger partial charge is 0.410 e. The van der Waals surface area contributed by atoms with Crippen molar-refractivity contribution < 1.29 is 19.4 Å². The van der Waals surface area contributed by atoms with Crippen LogP contribution in [0.2, 0.25) is 0 Å². The molecule has 0 spiro atoms. The molecular weight excluding hydrogens is 294 g/mol. The predicted molar refractivity (Wildman–Crippen MR) is 88.6 cm³/mol. The van der Waals surface area contributed by atoms with Crippen molar-refractivity contribution in [3.8, 4) is 5.75 Å². The van der Waals surface area contributed by atoms with Gasteiger partial charge in [0.2, 0.25) is 0 Å². The highest BCUT2D eigenvalue weighted by atomic mass is 16.6. The Morgan fingerprint density at radius 3 is 2.70 bits per heavy atom. The average molecular weight is 321 g/mol. The first kappa shape index (κ1) is 17.6. The number of amides is 1. The van der Waals surface area contributed by atoms with Crippen molar-refractivity contribution in [2.45, 2.75) is 45.8 Å². The lowest BCUT2D eigenvalue weighted by Crippen LogP contribution is -2.35. The summed E-state index contributed by atoms with van der Waals surface area (Å²) >= 11 is 0. The molecule has 1 aliphatic heterocycles. The molecule has 2 unspecified atom stereocenters. The maximum absolute atomic E-state index is 12.1. The van der Waals surface area contributed by atoms with Gasteiger partial charge in [-0.15, -0.1) is 0 Å². The van der Waals surface area contributed by atoms with E-state index in [2.05, 4.69) is 0 Å². The number of ether oxygens (including phenoxy) is 2. The third-order valence-electron chi connectivity index (χ3n) is 4.03. The van der Waals surface area contributed by atoms with E-state index in [0.717, 1.165) is 17.5 Å². The number of likely N-dealkylation sites (tertiary alicyclic amines) is 1. The molecule has 1 aromatic carbocycles. The monoisotopic (exact) mass is 321 g/mol. The van der Waals surface area contributed by atoms with Crippen LogP contribution in [0, 0.1) is 12.8 Å². The number of hydrogen-bond donors (Lipinski definition) is 1. The summed E-state index contributed by atoms with van der Waals surface area (Å²) in [5, 5.41) is 10.7. The third kappa shape index (κ3) is 4.38. The van der Waals surface area contributed by atoms with Gasteiger partial charge in [0.1, 0.15) is 11.4 Å². The number of carbonyl (C=O) groups excluding carboxylic acids is 1. The van der Waals surface area contributed by atoms with Crippen molar-refractivity contribution in [3.63, 3.8) is 0 Å². The van der Waals surface area contributed by atoms with Crippen LogP contribution in [-0.2, 0) is 4.74 Å². The summed E-state index contributed by atoms with van der Waals surface area (Å²) in [6.45, 7) is 8.63. The SMILES string of the molecule is COc1ccc(C)cc1C(O)C1CCN(C(=O)OC(C)(C)C)C1. The summed E-state index contributed by atoms with van der Waals surface area (Å²) in [4.78, 5) is 13.8. The minimum atomic E-state index is -0.655. The molecule has 1 amide bonds. The minimum absolute atomic E-state index is 0.0155. The Morgan fingerprint density at radius 2 is 2.09 bits per heavy atom. The Balaban J connectivity index is 2.07. The maximum Gasteiger partial charge on any atom is 0.410 e. The molecule has 0 aliphatic carbocycles. The van der Waals surface area contributed by atoms with Gasteiger partial charge in [-0.25, -0.2) is 4.79 Å². The van der Waals surface area contributed by atoms with Crippen LogP contribution in [0.1, 0.15) is 44.4 Å². The molecule has 1 aromatic rings. The summed E-state index contributed by atoms with van der Waals surface area (Å²) in [5.41, 5.74) is 1.35. The van der Waals surface area contributed by atoms with Crippen LogP contribution in [-0.4, -0.2) is 41.9 Å². The van der Waals surface area contributed by atoms with Gasteiger partial charge in [-0.2, -0.15) is 0 Å². The number of rotatable bonds is 3. The van der Waals surface area contributed by atoms with Crippen molar-refractivity contribution in [3.05, 3.63) is 29.3 Å². The van der Waals surface area contributed by atoms with Crippen LogP contribution in [0.25, 0.3) is 0 Å². The number of nitrogens with zero attached hydrogens (tertiary/aromatic N) is 1. The molecule has 1 fully saturated rings. The van der Waals surface area contributed by atoms with E-state index in [1.165, 1.54) is 0 Å². The van der Waals surface area contributed by atoms with E-state index in [1.807, 2.05) is 45.9 Å². The topological polar surface area (TPSA) is 59.0 Å². The molecule has 1 N–H and O–H groups in total. The number of aryl methyl sites for hydroxylation is 1. The van der Waals surface area contributed by atoms with Gasteiger partial charge in [0.25, 0.3) is 0 Å². The van der Waals surface area contributed by atoms with Gasteiger partial charge in [0.05, 0.1) is 13.2 Å². The first-order chi connectivity index (χ1) is 10.7. The van der Waals surface area contributed by atoms with Crippen LogP contribution >= 0.6 is 0 Å². The van der Waals surface area contributed by atoms with Crippen molar-refractivity contribution >= 4 is 6.09 Å². The van der Waals surface area contributed by atoms with Crippen LogP contribution in [0.4, 0.5) is 4.79 Å². The largest absolute Gasteiger partial charge is 0.496 e. The second kappa shape index (κ2) is 6.79. The Labute approximate surface area is 138 Å². The van der Waals surface area contributed by atoms with Gasteiger partial charge >= 0.3 is 6.09 Å². The van der Waals surface area contributed by atoms with Crippen LogP contribution < -0.4 is 4.74 Å². The molecule has 0 bridgehead atoms. The molecule has 0 radical (unpaired) electrons. The molecule has 1 aliphatic rings. The first-order valence-electron chi connectivity index (χ1n) is 8.02. The number of aliphatic hydroxyl groups excluding tert-OH is 1. The molecule has 2 rings (SSSR count). The van der Waals surface area contributed by atoms with E-state index >= 15 is 0 Å². The normalized spacial score (nSPS) is 19.6. The Hall–Kier alpha value is -1.75. The maximum atomic E-state index is 12.1. The summed E-state index contributed by atoms with van der Waals surface area (Å²) in [7, 11) is 1.60. The second-order valence-corrected chi connectivity index (χ2v) is 7.17. The molecule has 128 valence electrons. The molecule has 2 atom stereocenters. The van der Waals surface area contributed by atoms with E-state index in [-0.39, 0.29) is 12.0 Å². The van der Waals surface area contributed by atoms with Crippen LogP contribution in [0.5, 0.6) is 5.75 Å². The third-order valence-corrected chi connectivity index (χ3v) is 4.03. The number of aliphatic hydroxyl groups is 1. The van der Waals surface area contributed by atoms with E-state index in [4.69, 9.17) is 9.47 Å². The standard InChI is InChI=1S/C18H27NO4/c1-12-6-7-15(22-5)14(10-12)16(20)13-8-9-19(11-13)17(21)23-18(2,3)4/h6-7,10,13,16,20H,8-9,11H2,1-5H3. The van der Waals surface area contributed by atoms with Crippen molar-refractivity contribution in [1.82, 2.24) is 4.90 Å². The molecule has 5 nitrogen and oxygen atoms in total. The zero-order valence-corrected chi connectivity index (χ0v) is 14.6. The number of hydrogen-bond acceptors (Lipinski definition) is 4. The second-order valence-electron chi connectivity index (χ2n) is 7.17. The van der Waals surface area contributed by atoms with Gasteiger partial charge in [0.15, 0.2) is 0 Å². The molecule has 0 aromatic heterocycles. The van der Waals surface area contributed by atoms with Gasteiger partial charge in [-0.1, -0.05) is 11.6 Å². The molecule has 1 saturated heterocycles. The fourth-order valence-corrected chi connectivity index (χ4v) is 2.88. The lowest BCUT2D eigenvalue weighted by molar-refractivity contribution is 0.0267. The highest BCUT2D eigenvalue weighted by molar-refractivity contribution is 5.68. The Kier molecular flexibility index (Phi) is 5.19. The molecule has 23 heavy (non-hydrogen) atoms.